The third kappa shape index (κ3) is 29.0. The number of alkyl halides is 3. The fourth-order valence-electron chi connectivity index (χ4n) is 6.37. The van der Waals surface area contributed by atoms with E-state index in [1.807, 2.05) is 86.7 Å². The zero-order valence-electron chi connectivity index (χ0n) is 40.4. The number of amides is 1. The Balaban J connectivity index is 0.000000497. The fourth-order valence-corrected chi connectivity index (χ4v) is 9.27. The molecule has 0 unspecified atom stereocenters. The number of sulfone groups is 2. The summed E-state index contributed by atoms with van der Waals surface area (Å²) in [6.07, 6.45) is -0.506. The molecule has 3 saturated heterocycles. The van der Waals surface area contributed by atoms with Gasteiger partial charge in [0.2, 0.25) is 0 Å². The Morgan fingerprint density at radius 1 is 0.789 bits per heavy atom. The first kappa shape index (κ1) is 70.8. The number of benzene rings is 2. The molecule has 1 amide bonds. The predicted octanol–water partition coefficient (Wildman–Crippen LogP) is 8.53. The van der Waals surface area contributed by atoms with Gasteiger partial charge in [-0.2, -0.15) is 0 Å². The number of anilines is 2. The quantitative estimate of drug-likeness (QED) is 0.0591. The Hall–Kier alpha value is 1.79. The van der Waals surface area contributed by atoms with Crippen molar-refractivity contribution in [3.05, 3.63) is 106 Å². The van der Waals surface area contributed by atoms with E-state index >= 15 is 0 Å². The van der Waals surface area contributed by atoms with E-state index in [0.29, 0.717) is 55.7 Å². The van der Waals surface area contributed by atoms with Crippen LogP contribution in [0.15, 0.2) is 89.5 Å². The van der Waals surface area contributed by atoms with Gasteiger partial charge in [-0.25, -0.2) is 31.6 Å². The Labute approximate surface area is 527 Å². The van der Waals surface area contributed by atoms with Crippen LogP contribution in [0.4, 0.5) is 16.4 Å². The molecule has 4 aromatic rings. The number of hydrogen-bond acceptors (Lipinski definition) is 13. The van der Waals surface area contributed by atoms with Crippen molar-refractivity contribution in [1.82, 2.24) is 19.8 Å². The van der Waals surface area contributed by atoms with E-state index in [2.05, 4.69) is 175 Å². The van der Waals surface area contributed by atoms with Crippen molar-refractivity contribution in [3.8, 4) is 11.3 Å². The molecule has 3 fully saturated rings. The monoisotopic (exact) mass is 1910 g/mol. The molecule has 0 bridgehead atoms. The van der Waals surface area contributed by atoms with E-state index in [0.717, 1.165) is 29.7 Å². The van der Waals surface area contributed by atoms with Gasteiger partial charge in [0.15, 0.2) is 19.7 Å². The van der Waals surface area contributed by atoms with Crippen LogP contribution in [-0.2, 0) is 65.4 Å². The van der Waals surface area contributed by atoms with Crippen molar-refractivity contribution in [3.63, 3.8) is 0 Å². The van der Waals surface area contributed by atoms with Crippen LogP contribution in [0.5, 0.6) is 0 Å². The summed E-state index contributed by atoms with van der Waals surface area (Å²) in [5.74, 6) is 2.02. The molecule has 14 nitrogen and oxygen atoms in total. The Morgan fingerprint density at radius 2 is 1.20 bits per heavy atom. The SMILES string of the molecule is CC(C)(C)OC(=O)Nc1cccc(Br)n1.CC1(C)OB(c2ccc(CN3CCS(=O)(=O)CC3)cc2)OC1(C)C.IC(I)I.I[I-]I.Nc1cccc(-c2ccc(CN3CCS(=O)(=O)CC3)cc2)n1.[CH2-]I.[V]. The molecular formula is C45H61BBrI7N6O8S2V-2. The predicted molar refractivity (Wildman–Crippen MR) is 339 cm³/mol. The first-order valence-electron chi connectivity index (χ1n) is 21.4. The van der Waals surface area contributed by atoms with Gasteiger partial charge in [0.1, 0.15) is 21.8 Å². The van der Waals surface area contributed by atoms with Gasteiger partial charge in [-0.3, -0.25) is 20.0 Å². The summed E-state index contributed by atoms with van der Waals surface area (Å²) in [6, 6.07) is 27.2. The smallest absolute Gasteiger partial charge is 0.152 e. The summed E-state index contributed by atoms with van der Waals surface area (Å²) < 4.78 is 64.5. The third-order valence-electron chi connectivity index (χ3n) is 10.6. The molecular weight excluding hydrogens is 1850 g/mol. The Morgan fingerprint density at radius 3 is 1.59 bits per heavy atom. The van der Waals surface area contributed by atoms with Gasteiger partial charge >= 0.3 is 63.7 Å². The zero-order chi connectivity index (χ0) is 52.9. The first-order chi connectivity index (χ1) is 32.6. The summed E-state index contributed by atoms with van der Waals surface area (Å²) in [5.41, 5.74) is 9.77. The number of rotatable bonds is 7. The van der Waals surface area contributed by atoms with Crippen molar-refractivity contribution >= 4 is 194 Å². The summed E-state index contributed by atoms with van der Waals surface area (Å²) in [4.78, 5) is 27.3. The molecule has 2 aromatic carbocycles. The molecule has 3 aliphatic heterocycles. The molecule has 5 heterocycles. The molecule has 71 heavy (non-hydrogen) atoms. The normalized spacial score (nSPS) is 17.5. The van der Waals surface area contributed by atoms with Crippen LogP contribution in [0.3, 0.4) is 0 Å². The largest absolute Gasteiger partial charge is 0.384 e. The van der Waals surface area contributed by atoms with Gasteiger partial charge in [0.05, 0.1) is 39.9 Å². The second-order valence-electron chi connectivity index (χ2n) is 17.6. The van der Waals surface area contributed by atoms with Crippen LogP contribution in [0.25, 0.3) is 11.3 Å². The topological polar surface area (TPSA) is 183 Å². The average molecular weight is 1910 g/mol. The zero-order valence-corrected chi connectivity index (χ0v) is 60.2. The molecule has 0 aliphatic carbocycles. The summed E-state index contributed by atoms with van der Waals surface area (Å²) in [6.45, 7) is 17.6. The van der Waals surface area contributed by atoms with Crippen LogP contribution < -0.4 is 29.8 Å². The molecule has 7 rings (SSSR count). The molecule has 0 atom stereocenters. The molecule has 0 spiro atoms. The number of aromatic nitrogens is 2. The molecule has 0 saturated carbocycles. The molecule has 26 heteroatoms. The molecule has 3 aliphatic rings. The molecule has 3 N–H and O–H groups in total. The minimum atomic E-state index is -2.82. The first-order valence-corrected chi connectivity index (χ1v) is 43.7. The van der Waals surface area contributed by atoms with Crippen molar-refractivity contribution in [1.29, 1.82) is 0 Å². The number of nitrogens with zero attached hydrogens (tertiary/aromatic N) is 4. The van der Waals surface area contributed by atoms with Crippen molar-refractivity contribution in [2.45, 2.75) is 78.3 Å². The van der Waals surface area contributed by atoms with Crippen LogP contribution in [0.2, 0.25) is 0 Å². The summed E-state index contributed by atoms with van der Waals surface area (Å²) >= 11 is 17.4. The number of nitrogen functional groups attached to an aromatic ring is 1. The minimum Gasteiger partial charge on any atom is -0.384 e. The maximum absolute atomic E-state index is 11.5. The van der Waals surface area contributed by atoms with Gasteiger partial charge in [0.25, 0.3) is 0 Å². The second kappa shape index (κ2) is 34.7. The van der Waals surface area contributed by atoms with Crippen molar-refractivity contribution in [2.24, 2.45) is 0 Å². The van der Waals surface area contributed by atoms with E-state index in [1.54, 1.807) is 45.0 Å². The summed E-state index contributed by atoms with van der Waals surface area (Å²) in [5, 5.41) is 2.54. The maximum atomic E-state index is 11.5. The second-order valence-corrected chi connectivity index (χ2v) is 50.2. The standard InChI is InChI=1S/C17H26BNO4S.C16H19N3O2S.C10H13BrN2O2.CHI3.CH2I.I3.V/c1-16(2)17(3,4)23-18(22-16)15-7-5-14(6-8-15)13-19-9-11-24(20,21)12-10-19;17-16-3-1-2-15(18-16)14-6-4-13(5-7-14)12-19-8-10-22(20,21)11-9-19;1-10(2,3)15-9(14)13-8-6-4-5-7(11)12-8;2-1(3)4;1-2;1-3-2;/h5-8H,9-13H2,1-4H3;1-7H,8-12H2,(H2,17,18);4-6H,1-3H3,(H,12,13,14);1H;1H2;;/q;;;;2*-1;. The van der Waals surface area contributed by atoms with Gasteiger partial charge in [-0.15, -0.1) is 0 Å². The number of nitrogens with one attached hydrogen (secondary N) is 1. The van der Waals surface area contributed by atoms with E-state index < -0.39 is 31.4 Å². The number of halogens is 8. The van der Waals surface area contributed by atoms with E-state index in [4.69, 9.17) is 19.8 Å². The molecule has 1 radical (unpaired) electrons. The number of ether oxygens (including phenoxy) is 1. The Kier molecular flexibility index (Phi) is 34.6. The Bertz CT molecular complexity index is 2390. The number of carbonyl (C=O) groups is 1. The number of nitrogens with two attached hydrogens (primary N) is 1. The summed E-state index contributed by atoms with van der Waals surface area (Å²) in [7, 11) is -5.98. The molecule has 2 aromatic heterocycles. The minimum absolute atomic E-state index is 0. The average Bonchev–Trinajstić information content (AvgIpc) is 3.49. The van der Waals surface area contributed by atoms with Gasteiger partial charge in [-0.1, -0.05) is 128 Å². The fraction of sp³-hybridized carbons (Fsp3) is 0.467. The van der Waals surface area contributed by atoms with Crippen LogP contribution in [0.1, 0.15) is 59.6 Å². The van der Waals surface area contributed by atoms with Gasteiger partial charge in [-0.05, 0) is 105 Å². The number of pyridine rings is 2. The van der Waals surface area contributed by atoms with Crippen LogP contribution in [-0.4, -0.2) is 116 Å². The van der Waals surface area contributed by atoms with Gasteiger partial charge in [0, 0.05) is 63.4 Å². The number of hydrogen-bond donors (Lipinski definition) is 2. The number of carbonyl (C=O) groups excluding carboxylic acids is 1. The van der Waals surface area contributed by atoms with Crippen molar-refractivity contribution in [2.75, 3.05) is 60.2 Å². The van der Waals surface area contributed by atoms with E-state index in [9.17, 15) is 21.6 Å². The van der Waals surface area contributed by atoms with E-state index in [1.165, 1.54) is 11.1 Å². The van der Waals surface area contributed by atoms with Gasteiger partial charge < -0.3 is 42.4 Å². The molecule has 397 valence electrons. The maximum Gasteiger partial charge on any atom is 0.152 e. The van der Waals surface area contributed by atoms with Crippen LogP contribution >= 0.6 is 144 Å². The van der Waals surface area contributed by atoms with Crippen molar-refractivity contribution < 1.29 is 67.5 Å². The van der Waals surface area contributed by atoms with E-state index in [-0.39, 0.29) is 59.9 Å². The van der Waals surface area contributed by atoms with Crippen LogP contribution in [0, 0.1) is 4.93 Å². The third-order valence-corrected chi connectivity index (χ3v) is 14.2.